The van der Waals surface area contributed by atoms with Gasteiger partial charge in [0, 0.05) is 12.0 Å². The summed E-state index contributed by atoms with van der Waals surface area (Å²) in [5.74, 6) is 2.37. The lowest BCUT2D eigenvalue weighted by molar-refractivity contribution is 0.141. The third-order valence-corrected chi connectivity index (χ3v) is 5.79. The van der Waals surface area contributed by atoms with Gasteiger partial charge in [0.2, 0.25) is 0 Å². The van der Waals surface area contributed by atoms with Gasteiger partial charge in [-0.3, -0.25) is 0 Å². The van der Waals surface area contributed by atoms with Crippen molar-refractivity contribution < 1.29 is 9.15 Å². The minimum atomic E-state index is 0.150. The van der Waals surface area contributed by atoms with Crippen molar-refractivity contribution >= 4 is 22.7 Å². The number of fused-ring (bicyclic) bond motifs is 1. The first-order valence-electron chi connectivity index (χ1n) is 9.80. The molecule has 1 aromatic heterocycles. The molecule has 0 spiro atoms. The number of ether oxygens (including phenoxy) is 1. The monoisotopic (exact) mass is 394 g/mol. The SMILES string of the molecule is CC(C)c1ccc2oc([C@H]3CC[C@H](Oc4ccc(C#N)c(Cl)c4)CC3)nc2c1. The summed E-state index contributed by atoms with van der Waals surface area (Å²) < 4.78 is 12.1. The van der Waals surface area contributed by atoms with Crippen molar-refractivity contribution in [3.8, 4) is 11.8 Å². The summed E-state index contributed by atoms with van der Waals surface area (Å²) in [4.78, 5) is 4.76. The van der Waals surface area contributed by atoms with Gasteiger partial charge in [0.1, 0.15) is 17.3 Å². The van der Waals surface area contributed by atoms with Gasteiger partial charge in [-0.1, -0.05) is 31.5 Å². The first-order valence-corrected chi connectivity index (χ1v) is 10.2. The average molecular weight is 395 g/mol. The molecule has 1 aliphatic rings. The third kappa shape index (κ3) is 3.86. The summed E-state index contributed by atoms with van der Waals surface area (Å²) in [6.45, 7) is 4.37. The Balaban J connectivity index is 1.40. The second-order valence-corrected chi connectivity index (χ2v) is 8.19. The van der Waals surface area contributed by atoms with Crippen molar-refractivity contribution in [1.29, 1.82) is 5.26 Å². The van der Waals surface area contributed by atoms with Gasteiger partial charge in [-0.25, -0.2) is 4.98 Å². The molecule has 0 amide bonds. The second-order valence-electron chi connectivity index (χ2n) is 7.78. The van der Waals surface area contributed by atoms with Gasteiger partial charge in [-0.15, -0.1) is 0 Å². The van der Waals surface area contributed by atoms with Gasteiger partial charge in [-0.05, 0) is 61.4 Å². The number of hydrogen-bond donors (Lipinski definition) is 0. The van der Waals surface area contributed by atoms with Crippen LogP contribution in [0.15, 0.2) is 40.8 Å². The van der Waals surface area contributed by atoms with E-state index in [2.05, 4.69) is 32.0 Å². The third-order valence-electron chi connectivity index (χ3n) is 5.48. The molecule has 1 saturated carbocycles. The molecule has 0 saturated heterocycles. The fraction of sp³-hybridized carbons (Fsp3) is 0.391. The minimum Gasteiger partial charge on any atom is -0.490 e. The van der Waals surface area contributed by atoms with Gasteiger partial charge in [0.05, 0.1) is 16.7 Å². The normalized spacial score (nSPS) is 19.7. The predicted octanol–water partition coefficient (Wildman–Crippen LogP) is 6.58. The molecule has 0 bridgehead atoms. The van der Waals surface area contributed by atoms with E-state index in [4.69, 9.17) is 31.0 Å². The molecule has 1 heterocycles. The van der Waals surface area contributed by atoms with Crippen LogP contribution in [-0.4, -0.2) is 11.1 Å². The number of hydrogen-bond acceptors (Lipinski definition) is 4. The first kappa shape index (κ1) is 18.8. The standard InChI is InChI=1S/C23H23ClN2O2/c1-14(2)16-6-10-22-21(11-16)26-23(28-22)15-3-7-18(8-4-15)27-19-9-5-17(13-25)20(24)12-19/h5-6,9-12,14-15,18H,3-4,7-8H2,1-2H3/t15-,18-. The summed E-state index contributed by atoms with van der Waals surface area (Å²) in [5.41, 5.74) is 3.57. The Morgan fingerprint density at radius 3 is 2.61 bits per heavy atom. The van der Waals surface area contributed by atoms with E-state index in [9.17, 15) is 0 Å². The molecular weight excluding hydrogens is 372 g/mol. The minimum absolute atomic E-state index is 0.150. The van der Waals surface area contributed by atoms with Crippen LogP contribution in [0.4, 0.5) is 0 Å². The lowest BCUT2D eigenvalue weighted by Gasteiger charge is -2.27. The summed E-state index contributed by atoms with van der Waals surface area (Å²) >= 11 is 6.10. The van der Waals surface area contributed by atoms with Crippen molar-refractivity contribution in [2.75, 3.05) is 0 Å². The number of benzene rings is 2. The Hall–Kier alpha value is -2.51. The molecule has 1 aliphatic carbocycles. The average Bonchev–Trinajstić information content (AvgIpc) is 3.12. The van der Waals surface area contributed by atoms with Crippen LogP contribution in [0.3, 0.4) is 0 Å². The highest BCUT2D eigenvalue weighted by Crippen LogP contribution is 2.36. The Bertz CT molecular complexity index is 1030. The fourth-order valence-electron chi connectivity index (χ4n) is 3.78. The van der Waals surface area contributed by atoms with Crippen LogP contribution in [0.5, 0.6) is 5.75 Å². The van der Waals surface area contributed by atoms with E-state index in [-0.39, 0.29) is 6.10 Å². The van der Waals surface area contributed by atoms with E-state index in [0.717, 1.165) is 48.4 Å². The second kappa shape index (κ2) is 7.85. The molecule has 5 heteroatoms. The summed E-state index contributed by atoms with van der Waals surface area (Å²) in [6, 6.07) is 13.6. The lowest BCUT2D eigenvalue weighted by atomic mass is 9.87. The van der Waals surface area contributed by atoms with Crippen molar-refractivity contribution in [3.05, 3.63) is 58.4 Å². The topological polar surface area (TPSA) is 59.0 Å². The predicted molar refractivity (Wildman–Crippen MR) is 110 cm³/mol. The molecule has 0 atom stereocenters. The maximum Gasteiger partial charge on any atom is 0.198 e. The van der Waals surface area contributed by atoms with Crippen molar-refractivity contribution in [2.24, 2.45) is 0 Å². The number of rotatable bonds is 4. The van der Waals surface area contributed by atoms with Crippen LogP contribution in [-0.2, 0) is 0 Å². The van der Waals surface area contributed by atoms with Gasteiger partial charge < -0.3 is 9.15 Å². The molecule has 3 aromatic rings. The number of aromatic nitrogens is 1. The number of halogens is 1. The van der Waals surface area contributed by atoms with Crippen molar-refractivity contribution in [3.63, 3.8) is 0 Å². The molecule has 1 fully saturated rings. The molecule has 144 valence electrons. The van der Waals surface area contributed by atoms with E-state index in [1.54, 1.807) is 12.1 Å². The van der Waals surface area contributed by atoms with E-state index < -0.39 is 0 Å². The quantitative estimate of drug-likeness (QED) is 0.501. The molecule has 0 aliphatic heterocycles. The summed E-state index contributed by atoms with van der Waals surface area (Å²) in [7, 11) is 0. The van der Waals surface area contributed by atoms with E-state index >= 15 is 0 Å². The van der Waals surface area contributed by atoms with Crippen molar-refractivity contribution in [2.45, 2.75) is 57.5 Å². The molecule has 0 unspecified atom stereocenters. The zero-order chi connectivity index (χ0) is 19.7. The largest absolute Gasteiger partial charge is 0.490 e. The van der Waals surface area contributed by atoms with Crippen LogP contribution in [0, 0.1) is 11.3 Å². The highest BCUT2D eigenvalue weighted by Gasteiger charge is 2.27. The Kier molecular flexibility index (Phi) is 5.28. The molecule has 4 nitrogen and oxygen atoms in total. The number of oxazole rings is 1. The van der Waals surface area contributed by atoms with Crippen LogP contribution in [0.1, 0.15) is 68.4 Å². The van der Waals surface area contributed by atoms with Gasteiger partial charge in [-0.2, -0.15) is 5.26 Å². The molecule has 0 N–H and O–H groups in total. The molecule has 2 aromatic carbocycles. The summed E-state index contributed by atoms with van der Waals surface area (Å²) in [5, 5.41) is 9.40. The maximum absolute atomic E-state index is 8.97. The van der Waals surface area contributed by atoms with Crippen LogP contribution >= 0.6 is 11.6 Å². The van der Waals surface area contributed by atoms with Crippen molar-refractivity contribution in [1.82, 2.24) is 4.98 Å². The summed E-state index contributed by atoms with van der Waals surface area (Å²) in [6.07, 6.45) is 4.00. The highest BCUT2D eigenvalue weighted by molar-refractivity contribution is 6.31. The maximum atomic E-state index is 8.97. The molecular formula is C23H23ClN2O2. The number of nitrogens with zero attached hydrogens (tertiary/aromatic N) is 2. The van der Waals surface area contributed by atoms with Crippen LogP contribution in [0.2, 0.25) is 5.02 Å². The Morgan fingerprint density at radius 1 is 1.14 bits per heavy atom. The Labute approximate surface area is 170 Å². The number of nitriles is 1. The van der Waals surface area contributed by atoms with Gasteiger partial charge in [0.25, 0.3) is 0 Å². The Morgan fingerprint density at radius 2 is 1.93 bits per heavy atom. The fourth-order valence-corrected chi connectivity index (χ4v) is 3.99. The zero-order valence-corrected chi connectivity index (χ0v) is 16.9. The highest BCUT2D eigenvalue weighted by atomic mass is 35.5. The zero-order valence-electron chi connectivity index (χ0n) is 16.1. The van der Waals surface area contributed by atoms with Gasteiger partial charge >= 0.3 is 0 Å². The molecule has 28 heavy (non-hydrogen) atoms. The first-order chi connectivity index (χ1) is 13.5. The van der Waals surface area contributed by atoms with E-state index in [1.807, 2.05) is 12.1 Å². The molecule has 4 rings (SSSR count). The van der Waals surface area contributed by atoms with Crippen LogP contribution < -0.4 is 4.74 Å². The van der Waals surface area contributed by atoms with Gasteiger partial charge in [0.15, 0.2) is 11.5 Å². The smallest absolute Gasteiger partial charge is 0.198 e. The van der Waals surface area contributed by atoms with Crippen LogP contribution in [0.25, 0.3) is 11.1 Å². The lowest BCUT2D eigenvalue weighted by Crippen LogP contribution is -2.23. The van der Waals surface area contributed by atoms with E-state index in [0.29, 0.717) is 22.4 Å². The van der Waals surface area contributed by atoms with E-state index in [1.165, 1.54) is 5.56 Å². The molecule has 0 radical (unpaired) electrons.